The molecule has 0 aliphatic carbocycles. The summed E-state index contributed by atoms with van der Waals surface area (Å²) in [5.74, 6) is -0.286. The Hall–Kier alpha value is -4.08. The fourth-order valence-corrected chi connectivity index (χ4v) is 6.69. The molecule has 5 rings (SSSR count). The molecule has 9 heteroatoms. The van der Waals surface area contributed by atoms with Gasteiger partial charge in [-0.3, -0.25) is 19.0 Å². The molecule has 0 radical (unpaired) electrons. The molecule has 0 saturated carbocycles. The smallest absolute Gasteiger partial charge is 0.264 e. The molecular weight excluding hydrogens is 516 g/mol. The molecule has 0 saturated heterocycles. The van der Waals surface area contributed by atoms with Gasteiger partial charge in [0.25, 0.3) is 15.9 Å². The van der Waals surface area contributed by atoms with E-state index in [0.29, 0.717) is 16.4 Å². The van der Waals surface area contributed by atoms with Crippen LogP contribution < -0.4 is 9.21 Å². The largest absolute Gasteiger partial charge is 0.278 e. The Balaban J connectivity index is 1.48. The van der Waals surface area contributed by atoms with E-state index >= 15 is 0 Å². The van der Waals surface area contributed by atoms with E-state index < -0.39 is 10.0 Å². The Morgan fingerprint density at radius 2 is 1.66 bits per heavy atom. The molecule has 38 heavy (non-hydrogen) atoms. The van der Waals surface area contributed by atoms with Gasteiger partial charge >= 0.3 is 0 Å². The Bertz CT molecular complexity index is 1670. The van der Waals surface area contributed by atoms with Gasteiger partial charge < -0.3 is 0 Å². The van der Waals surface area contributed by atoms with Gasteiger partial charge in [-0.25, -0.2) is 13.4 Å². The van der Waals surface area contributed by atoms with Crippen molar-refractivity contribution in [3.63, 3.8) is 0 Å². The topological polar surface area (TPSA) is 83.5 Å². The van der Waals surface area contributed by atoms with Crippen molar-refractivity contribution >= 4 is 48.3 Å². The average molecular weight is 543 g/mol. The first-order valence-electron chi connectivity index (χ1n) is 12.1. The summed E-state index contributed by atoms with van der Waals surface area (Å²) < 4.78 is 29.1. The minimum Gasteiger partial charge on any atom is -0.278 e. The van der Waals surface area contributed by atoms with E-state index in [2.05, 4.69) is 4.98 Å². The molecule has 192 valence electrons. The van der Waals surface area contributed by atoms with Gasteiger partial charge in [0.15, 0.2) is 5.13 Å². The minimum absolute atomic E-state index is 0.117. The van der Waals surface area contributed by atoms with Crippen LogP contribution in [0, 0.1) is 6.92 Å². The predicted molar refractivity (Wildman–Crippen MR) is 152 cm³/mol. The van der Waals surface area contributed by atoms with Crippen LogP contribution in [-0.2, 0) is 16.6 Å². The van der Waals surface area contributed by atoms with E-state index in [4.69, 9.17) is 4.98 Å². The summed E-state index contributed by atoms with van der Waals surface area (Å²) in [6.45, 7) is 4.32. The van der Waals surface area contributed by atoms with E-state index in [-0.39, 0.29) is 23.9 Å². The van der Waals surface area contributed by atoms with Crippen molar-refractivity contribution in [2.45, 2.75) is 25.3 Å². The SMILES string of the molecule is CCN(c1ccccc1)S(=O)(=O)c1ccc(C(=O)N(Cc2ccccn2)c2nc3ccc(C)cc3s2)cc1. The molecule has 0 atom stereocenters. The van der Waals surface area contributed by atoms with Crippen LogP contribution in [0.2, 0.25) is 0 Å². The number of carbonyl (C=O) groups is 1. The van der Waals surface area contributed by atoms with Crippen LogP contribution in [0.3, 0.4) is 0 Å². The van der Waals surface area contributed by atoms with Crippen LogP contribution in [0.1, 0.15) is 28.5 Å². The summed E-state index contributed by atoms with van der Waals surface area (Å²) >= 11 is 1.44. The molecule has 0 aliphatic rings. The number of sulfonamides is 1. The maximum absolute atomic E-state index is 13.8. The van der Waals surface area contributed by atoms with Crippen LogP contribution in [0.4, 0.5) is 10.8 Å². The lowest BCUT2D eigenvalue weighted by molar-refractivity contribution is 0.0984. The maximum atomic E-state index is 13.8. The van der Waals surface area contributed by atoms with Crippen molar-refractivity contribution in [2.24, 2.45) is 0 Å². The van der Waals surface area contributed by atoms with Gasteiger partial charge in [0.05, 0.1) is 33.0 Å². The molecule has 2 heterocycles. The molecule has 0 spiro atoms. The molecule has 2 aromatic heterocycles. The lowest BCUT2D eigenvalue weighted by Gasteiger charge is -2.23. The fourth-order valence-electron chi connectivity index (χ4n) is 4.15. The number of anilines is 2. The Labute approximate surface area is 226 Å². The number of para-hydroxylation sites is 1. The lowest BCUT2D eigenvalue weighted by Crippen LogP contribution is -2.32. The van der Waals surface area contributed by atoms with Crippen molar-refractivity contribution in [3.8, 4) is 0 Å². The number of hydrogen-bond donors (Lipinski definition) is 0. The highest BCUT2D eigenvalue weighted by molar-refractivity contribution is 7.92. The average Bonchev–Trinajstić information content (AvgIpc) is 3.36. The third kappa shape index (κ3) is 5.16. The number of aromatic nitrogens is 2. The highest BCUT2D eigenvalue weighted by atomic mass is 32.2. The number of benzene rings is 3. The van der Waals surface area contributed by atoms with Crippen molar-refractivity contribution in [3.05, 3.63) is 114 Å². The molecule has 0 bridgehead atoms. The lowest BCUT2D eigenvalue weighted by atomic mass is 10.2. The molecule has 7 nitrogen and oxygen atoms in total. The zero-order valence-electron chi connectivity index (χ0n) is 21.0. The van der Waals surface area contributed by atoms with Crippen molar-refractivity contribution in [2.75, 3.05) is 15.7 Å². The van der Waals surface area contributed by atoms with Gasteiger partial charge in [-0.2, -0.15) is 0 Å². The first-order chi connectivity index (χ1) is 18.4. The summed E-state index contributed by atoms with van der Waals surface area (Å²) in [5.41, 5.74) is 3.60. The number of carbonyl (C=O) groups excluding carboxylic acids is 1. The second-order valence-corrected chi connectivity index (χ2v) is 11.6. The Morgan fingerprint density at radius 1 is 0.921 bits per heavy atom. The van der Waals surface area contributed by atoms with Crippen molar-refractivity contribution in [1.29, 1.82) is 0 Å². The molecular formula is C29H26N4O3S2. The van der Waals surface area contributed by atoms with Crippen LogP contribution in [-0.4, -0.2) is 30.8 Å². The minimum atomic E-state index is -3.80. The van der Waals surface area contributed by atoms with Crippen LogP contribution in [0.5, 0.6) is 0 Å². The molecule has 0 aliphatic heterocycles. The molecule has 1 amide bonds. The zero-order valence-corrected chi connectivity index (χ0v) is 22.6. The monoisotopic (exact) mass is 542 g/mol. The number of fused-ring (bicyclic) bond motifs is 1. The summed E-state index contributed by atoms with van der Waals surface area (Å²) in [5, 5.41) is 0.555. The van der Waals surface area contributed by atoms with E-state index in [9.17, 15) is 13.2 Å². The van der Waals surface area contributed by atoms with Crippen LogP contribution in [0.25, 0.3) is 10.2 Å². The van der Waals surface area contributed by atoms with Gasteiger partial charge in [0, 0.05) is 18.3 Å². The predicted octanol–water partition coefficient (Wildman–Crippen LogP) is 6.06. The second-order valence-electron chi connectivity index (χ2n) is 8.71. The van der Waals surface area contributed by atoms with Crippen LogP contribution in [0.15, 0.2) is 102 Å². The summed E-state index contributed by atoms with van der Waals surface area (Å²) in [7, 11) is -3.80. The van der Waals surface area contributed by atoms with E-state index in [1.165, 1.54) is 27.8 Å². The van der Waals surface area contributed by atoms with Gasteiger partial charge in [-0.15, -0.1) is 0 Å². The first kappa shape index (κ1) is 25.6. The van der Waals surface area contributed by atoms with E-state index in [1.54, 1.807) is 54.4 Å². The molecule has 0 unspecified atom stereocenters. The molecule has 0 N–H and O–H groups in total. The third-order valence-corrected chi connectivity index (χ3v) is 9.03. The molecule has 5 aromatic rings. The number of pyridine rings is 1. The zero-order chi connectivity index (χ0) is 26.7. The fraction of sp³-hybridized carbons (Fsp3) is 0.138. The van der Waals surface area contributed by atoms with E-state index in [1.807, 2.05) is 49.4 Å². The number of aryl methyl sites for hydroxylation is 1. The number of thiazole rings is 1. The summed E-state index contributed by atoms with van der Waals surface area (Å²) in [4.78, 5) is 24.6. The van der Waals surface area contributed by atoms with Gasteiger partial charge in [0.1, 0.15) is 0 Å². The third-order valence-electron chi connectivity index (χ3n) is 6.08. The van der Waals surface area contributed by atoms with Gasteiger partial charge in [0.2, 0.25) is 0 Å². The first-order valence-corrected chi connectivity index (χ1v) is 14.4. The number of nitrogens with zero attached hydrogens (tertiary/aromatic N) is 4. The number of amides is 1. The highest BCUT2D eigenvalue weighted by Crippen LogP contribution is 2.32. The van der Waals surface area contributed by atoms with Crippen LogP contribution >= 0.6 is 11.3 Å². The summed E-state index contributed by atoms with van der Waals surface area (Å²) in [6, 6.07) is 26.6. The molecule has 3 aromatic carbocycles. The standard InChI is InChI=1S/C29H26N4O3S2/c1-3-33(24-10-5-4-6-11-24)38(35,36)25-15-13-22(14-16-25)28(34)32(20-23-9-7-8-18-30-23)29-31-26-17-12-21(2)19-27(26)37-29/h4-19H,3,20H2,1-2H3. The Morgan fingerprint density at radius 3 is 2.34 bits per heavy atom. The number of hydrogen-bond acceptors (Lipinski definition) is 6. The number of rotatable bonds is 8. The van der Waals surface area contributed by atoms with Gasteiger partial charge in [-0.1, -0.05) is 41.7 Å². The highest BCUT2D eigenvalue weighted by Gasteiger charge is 2.26. The molecule has 0 fully saturated rings. The van der Waals surface area contributed by atoms with Gasteiger partial charge in [-0.05, 0) is 80.1 Å². The quantitative estimate of drug-likeness (QED) is 0.238. The normalized spacial score (nSPS) is 11.4. The van der Waals surface area contributed by atoms with E-state index in [0.717, 1.165) is 21.5 Å². The second kappa shape index (κ2) is 10.7. The Kier molecular flexibility index (Phi) is 7.22. The van der Waals surface area contributed by atoms with Crippen molar-refractivity contribution in [1.82, 2.24) is 9.97 Å². The maximum Gasteiger partial charge on any atom is 0.264 e. The summed E-state index contributed by atoms with van der Waals surface area (Å²) in [6.07, 6.45) is 1.69. The van der Waals surface area contributed by atoms with Crippen molar-refractivity contribution < 1.29 is 13.2 Å².